The van der Waals surface area contributed by atoms with Crippen LogP contribution >= 0.6 is 0 Å². The third kappa shape index (κ3) is 4.63. The number of aromatic hydroxyl groups is 2. The fourth-order valence-electron chi connectivity index (χ4n) is 8.06. The quantitative estimate of drug-likeness (QED) is 0.201. The fraction of sp³-hybridized carbons (Fsp3) is 0.220. The van der Waals surface area contributed by atoms with E-state index in [-0.39, 0.29) is 0 Å². The van der Waals surface area contributed by atoms with Crippen LogP contribution in [-0.2, 0) is 13.1 Å². The zero-order valence-electron chi connectivity index (χ0n) is 25.1. The SMILES string of the molecule is Oc1ccc(-c2cc3ccccc3c3c2C[N+]2(CCCCCCC2)Cc2c(-c4ccc(O)cc4)cc4ccccc4c2-3)cc1. The van der Waals surface area contributed by atoms with Gasteiger partial charge in [0.15, 0.2) is 0 Å². The van der Waals surface area contributed by atoms with Crippen molar-refractivity contribution in [3.63, 3.8) is 0 Å². The first-order valence-electron chi connectivity index (χ1n) is 16.1. The van der Waals surface area contributed by atoms with Crippen molar-refractivity contribution in [2.75, 3.05) is 13.1 Å². The molecule has 0 atom stereocenters. The van der Waals surface area contributed by atoms with Gasteiger partial charge >= 0.3 is 0 Å². The van der Waals surface area contributed by atoms with Crippen molar-refractivity contribution in [3.05, 3.63) is 120 Å². The molecule has 0 bridgehead atoms. The summed E-state index contributed by atoms with van der Waals surface area (Å²) in [4.78, 5) is 0. The standard InChI is InChI=1S/C41H37NO2/c43-32-18-14-28(15-19-32)36-24-30-10-4-6-12-34(30)40-38(36)26-42(22-8-2-1-3-9-23-42)27-39-37(29-16-20-33(44)21-17-29)25-31-11-5-7-13-35(31)41(39)40/h4-7,10-21,24-25H,1-3,8-9,22-23,26-27H2,(H-,43,44)/p+1. The Labute approximate surface area is 259 Å². The molecule has 0 aliphatic carbocycles. The molecule has 3 nitrogen and oxygen atoms in total. The lowest BCUT2D eigenvalue weighted by molar-refractivity contribution is -0.954. The smallest absolute Gasteiger partial charge is 0.115 e. The van der Waals surface area contributed by atoms with Crippen molar-refractivity contribution < 1.29 is 14.7 Å². The van der Waals surface area contributed by atoms with Gasteiger partial charge in [0.05, 0.1) is 13.1 Å². The molecular formula is C41H38NO2+. The lowest BCUT2D eigenvalue weighted by atomic mass is 9.82. The number of hydrogen-bond donors (Lipinski definition) is 2. The van der Waals surface area contributed by atoms with Crippen LogP contribution in [0.2, 0.25) is 0 Å². The molecule has 2 heterocycles. The first-order valence-corrected chi connectivity index (χ1v) is 16.1. The summed E-state index contributed by atoms with van der Waals surface area (Å²) in [6.07, 6.45) is 6.42. The maximum absolute atomic E-state index is 10.2. The van der Waals surface area contributed by atoms with Crippen LogP contribution < -0.4 is 0 Å². The molecule has 0 saturated carbocycles. The summed E-state index contributed by atoms with van der Waals surface area (Å²) in [5.74, 6) is 0.588. The topological polar surface area (TPSA) is 40.5 Å². The summed E-state index contributed by atoms with van der Waals surface area (Å²) >= 11 is 0. The van der Waals surface area contributed by atoms with Crippen LogP contribution in [0, 0.1) is 0 Å². The van der Waals surface area contributed by atoms with Crippen LogP contribution in [0.4, 0.5) is 0 Å². The summed E-state index contributed by atoms with van der Waals surface area (Å²) in [6, 6.07) is 38.1. The number of quaternary nitrogens is 1. The molecule has 3 heteroatoms. The Kier molecular flexibility index (Phi) is 6.65. The second-order valence-corrected chi connectivity index (χ2v) is 13.0. The zero-order valence-corrected chi connectivity index (χ0v) is 25.1. The Bertz CT molecular complexity index is 1860. The Morgan fingerprint density at radius 1 is 0.455 bits per heavy atom. The van der Waals surface area contributed by atoms with E-state index >= 15 is 0 Å². The van der Waals surface area contributed by atoms with Crippen molar-refractivity contribution >= 4 is 21.5 Å². The minimum atomic E-state index is 0.294. The van der Waals surface area contributed by atoms with Crippen LogP contribution in [0.15, 0.2) is 109 Å². The van der Waals surface area contributed by atoms with Crippen LogP contribution in [0.3, 0.4) is 0 Å². The molecule has 0 radical (unpaired) electrons. The van der Waals surface area contributed by atoms with Gasteiger partial charge in [0.2, 0.25) is 0 Å². The molecule has 1 fully saturated rings. The number of benzene rings is 6. The maximum Gasteiger partial charge on any atom is 0.115 e. The highest BCUT2D eigenvalue weighted by Gasteiger charge is 2.38. The minimum Gasteiger partial charge on any atom is -0.508 e. The molecule has 1 saturated heterocycles. The van der Waals surface area contributed by atoms with Gasteiger partial charge in [-0.05, 0) is 106 Å². The van der Waals surface area contributed by atoms with Crippen LogP contribution in [0.25, 0.3) is 54.9 Å². The Morgan fingerprint density at radius 2 is 0.864 bits per heavy atom. The summed E-state index contributed by atoms with van der Waals surface area (Å²) in [7, 11) is 0. The van der Waals surface area contributed by atoms with Gasteiger partial charge in [0, 0.05) is 22.3 Å². The maximum atomic E-state index is 10.2. The van der Waals surface area contributed by atoms with E-state index in [1.807, 2.05) is 24.3 Å². The second kappa shape index (κ2) is 10.8. The molecule has 2 aliphatic rings. The summed E-state index contributed by atoms with van der Waals surface area (Å²) in [6.45, 7) is 4.30. The molecule has 1 spiro atoms. The van der Waals surface area contributed by atoms with Gasteiger partial charge in [0.1, 0.15) is 24.6 Å². The average molecular weight is 577 g/mol. The van der Waals surface area contributed by atoms with Gasteiger partial charge in [-0.2, -0.15) is 0 Å². The molecule has 44 heavy (non-hydrogen) atoms. The monoisotopic (exact) mass is 576 g/mol. The first kappa shape index (κ1) is 27.0. The third-order valence-corrected chi connectivity index (χ3v) is 10.2. The lowest BCUT2D eigenvalue weighted by Crippen LogP contribution is -2.48. The number of rotatable bonds is 2. The molecule has 6 aromatic rings. The second-order valence-electron chi connectivity index (χ2n) is 13.0. The van der Waals surface area contributed by atoms with Gasteiger partial charge in [-0.25, -0.2) is 0 Å². The van der Waals surface area contributed by atoms with Crippen LogP contribution in [0.5, 0.6) is 11.5 Å². The van der Waals surface area contributed by atoms with Crippen LogP contribution in [-0.4, -0.2) is 27.8 Å². The molecule has 0 unspecified atom stereocenters. The van der Waals surface area contributed by atoms with Crippen LogP contribution in [0.1, 0.15) is 43.2 Å². The average Bonchev–Trinajstić information content (AvgIpc) is 3.19. The molecule has 0 amide bonds. The van der Waals surface area contributed by atoms with E-state index < -0.39 is 0 Å². The molecular weight excluding hydrogens is 538 g/mol. The number of phenolic OH excluding ortho intramolecular Hbond substituents is 2. The zero-order chi connectivity index (χ0) is 29.7. The van der Waals surface area contributed by atoms with Crippen molar-refractivity contribution in [3.8, 4) is 44.9 Å². The fourth-order valence-corrected chi connectivity index (χ4v) is 8.06. The number of fused-ring (bicyclic) bond motifs is 7. The summed E-state index contributed by atoms with van der Waals surface area (Å²) < 4.78 is 1.05. The predicted molar refractivity (Wildman–Crippen MR) is 182 cm³/mol. The van der Waals surface area contributed by atoms with Crippen molar-refractivity contribution in [1.29, 1.82) is 0 Å². The van der Waals surface area contributed by atoms with E-state index in [1.165, 1.54) is 100 Å². The molecule has 2 N–H and O–H groups in total. The van der Waals surface area contributed by atoms with E-state index in [2.05, 4.69) is 84.9 Å². The molecule has 218 valence electrons. The predicted octanol–water partition coefficient (Wildman–Crippen LogP) is 10.2. The number of phenols is 2. The molecule has 6 aromatic carbocycles. The Balaban J connectivity index is 1.54. The third-order valence-electron chi connectivity index (χ3n) is 10.2. The number of hydrogen-bond acceptors (Lipinski definition) is 2. The normalized spacial score (nSPS) is 16.2. The lowest BCUT2D eigenvalue weighted by Gasteiger charge is -2.40. The van der Waals surface area contributed by atoms with Crippen molar-refractivity contribution in [2.45, 2.75) is 45.2 Å². The Morgan fingerprint density at radius 3 is 1.32 bits per heavy atom. The van der Waals surface area contributed by atoms with Crippen molar-refractivity contribution in [1.82, 2.24) is 0 Å². The van der Waals surface area contributed by atoms with E-state index in [0.29, 0.717) is 11.5 Å². The highest BCUT2D eigenvalue weighted by molar-refractivity contribution is 6.11. The van der Waals surface area contributed by atoms with Crippen molar-refractivity contribution in [2.24, 2.45) is 0 Å². The van der Waals surface area contributed by atoms with E-state index in [0.717, 1.165) is 28.7 Å². The highest BCUT2D eigenvalue weighted by Crippen LogP contribution is 2.50. The van der Waals surface area contributed by atoms with Gasteiger partial charge in [-0.1, -0.05) is 79.2 Å². The molecule has 8 rings (SSSR count). The van der Waals surface area contributed by atoms with E-state index in [9.17, 15) is 10.2 Å². The summed E-state index contributed by atoms with van der Waals surface area (Å²) in [5.41, 5.74) is 10.4. The first-order chi connectivity index (χ1) is 21.6. The highest BCUT2D eigenvalue weighted by atomic mass is 16.3. The van der Waals surface area contributed by atoms with E-state index in [1.54, 1.807) is 0 Å². The van der Waals surface area contributed by atoms with Gasteiger partial charge in [0.25, 0.3) is 0 Å². The largest absolute Gasteiger partial charge is 0.508 e. The van der Waals surface area contributed by atoms with Gasteiger partial charge < -0.3 is 14.7 Å². The minimum absolute atomic E-state index is 0.294. The Hall–Kier alpha value is -4.60. The summed E-state index contributed by atoms with van der Waals surface area (Å²) in [5, 5.41) is 25.5. The molecule has 0 aromatic heterocycles. The van der Waals surface area contributed by atoms with Gasteiger partial charge in [-0.15, -0.1) is 0 Å². The molecule has 2 aliphatic heterocycles. The van der Waals surface area contributed by atoms with Gasteiger partial charge in [-0.3, -0.25) is 0 Å². The number of nitrogens with zero attached hydrogens (tertiary/aromatic N) is 1. The van der Waals surface area contributed by atoms with E-state index in [4.69, 9.17) is 0 Å².